The van der Waals surface area contributed by atoms with Crippen LogP contribution in [0.5, 0.6) is 0 Å². The van der Waals surface area contributed by atoms with E-state index < -0.39 is 20.1 Å². The van der Waals surface area contributed by atoms with E-state index >= 15 is 0 Å². The lowest BCUT2D eigenvalue weighted by molar-refractivity contribution is -0.147. The molecule has 0 aromatic heterocycles. The molecule has 0 saturated heterocycles. The van der Waals surface area contributed by atoms with Gasteiger partial charge >= 0.3 is 5.97 Å². The second kappa shape index (κ2) is 9.30. The minimum atomic E-state index is -1.22. The molecule has 0 heterocycles. The zero-order chi connectivity index (χ0) is 17.3. The van der Waals surface area contributed by atoms with Crippen LogP contribution in [0.4, 0.5) is 0 Å². The number of allylic oxidation sites excluding steroid dienone is 1. The maximum absolute atomic E-state index is 12.1. The minimum Gasteiger partial charge on any atom is -0.464 e. The van der Waals surface area contributed by atoms with Crippen molar-refractivity contribution in [1.29, 1.82) is 0 Å². The van der Waals surface area contributed by atoms with Crippen molar-refractivity contribution in [2.45, 2.75) is 45.1 Å². The van der Waals surface area contributed by atoms with Crippen molar-refractivity contribution in [3.8, 4) is 0 Å². The fourth-order valence-electron chi connectivity index (χ4n) is 2.03. The van der Waals surface area contributed by atoms with E-state index in [1.54, 1.807) is 6.92 Å². The Balaban J connectivity index is 2.69. The molecule has 4 nitrogen and oxygen atoms in total. The first-order valence-electron chi connectivity index (χ1n) is 7.99. The average molecular weight is 334 g/mol. The predicted molar refractivity (Wildman–Crippen MR) is 96.0 cm³/mol. The van der Waals surface area contributed by atoms with E-state index in [1.807, 2.05) is 36.4 Å². The van der Waals surface area contributed by atoms with Gasteiger partial charge in [-0.05, 0) is 24.6 Å². The number of hydrogen-bond acceptors (Lipinski definition) is 3. The highest BCUT2D eigenvalue weighted by Crippen LogP contribution is 2.08. The van der Waals surface area contributed by atoms with Gasteiger partial charge in [0.2, 0.25) is 5.91 Å². The van der Waals surface area contributed by atoms with Gasteiger partial charge in [0.25, 0.3) is 0 Å². The van der Waals surface area contributed by atoms with Crippen molar-refractivity contribution in [2.24, 2.45) is 0 Å². The molecule has 1 atom stereocenters. The number of esters is 1. The standard InChI is InChI=1S/C18H27NO3Si/c1-5-22-18(21)16(14-15-10-7-6-8-11-15)19-17(20)12-9-13-23(2,3)4/h6-12,16H,5,13-14H2,1-4H3,(H,19,20)/b12-9+/t16-/m0/s1. The molecule has 0 bridgehead atoms. The van der Waals surface area contributed by atoms with Crippen molar-refractivity contribution in [3.63, 3.8) is 0 Å². The summed E-state index contributed by atoms with van der Waals surface area (Å²) in [6, 6.07) is 9.87. The summed E-state index contributed by atoms with van der Waals surface area (Å²) in [7, 11) is -1.22. The molecule has 0 aliphatic carbocycles. The van der Waals surface area contributed by atoms with Crippen LogP contribution in [0.2, 0.25) is 25.7 Å². The number of ether oxygens (including phenoxy) is 1. The third-order valence-electron chi connectivity index (χ3n) is 3.17. The third kappa shape index (κ3) is 8.35. The van der Waals surface area contributed by atoms with Gasteiger partial charge in [-0.25, -0.2) is 4.79 Å². The number of benzene rings is 1. The van der Waals surface area contributed by atoms with Gasteiger partial charge in [-0.15, -0.1) is 0 Å². The molecule has 1 aromatic rings. The first kappa shape index (κ1) is 19.2. The van der Waals surface area contributed by atoms with Crippen LogP contribution in [0, 0.1) is 0 Å². The van der Waals surface area contributed by atoms with E-state index in [0.717, 1.165) is 11.6 Å². The highest BCUT2D eigenvalue weighted by atomic mass is 28.3. The first-order chi connectivity index (χ1) is 10.8. The van der Waals surface area contributed by atoms with Gasteiger partial charge in [0.1, 0.15) is 6.04 Å². The van der Waals surface area contributed by atoms with Gasteiger partial charge in [-0.2, -0.15) is 0 Å². The Morgan fingerprint density at radius 2 is 1.87 bits per heavy atom. The monoisotopic (exact) mass is 333 g/mol. The second-order valence-electron chi connectivity index (χ2n) is 6.67. The van der Waals surface area contributed by atoms with Crippen LogP contribution in [-0.4, -0.2) is 32.6 Å². The van der Waals surface area contributed by atoms with Crippen LogP contribution in [0.15, 0.2) is 42.5 Å². The summed E-state index contributed by atoms with van der Waals surface area (Å²) >= 11 is 0. The van der Waals surface area contributed by atoms with Crippen LogP contribution in [0.3, 0.4) is 0 Å². The summed E-state index contributed by atoms with van der Waals surface area (Å²) < 4.78 is 5.06. The highest BCUT2D eigenvalue weighted by Gasteiger charge is 2.21. The van der Waals surface area contributed by atoms with Gasteiger partial charge in [-0.1, -0.05) is 56.0 Å². The second-order valence-corrected chi connectivity index (χ2v) is 12.2. The van der Waals surface area contributed by atoms with E-state index in [0.29, 0.717) is 13.0 Å². The quantitative estimate of drug-likeness (QED) is 0.452. The molecule has 0 fully saturated rings. The molecule has 0 aliphatic heterocycles. The lowest BCUT2D eigenvalue weighted by Gasteiger charge is -2.17. The molecule has 23 heavy (non-hydrogen) atoms. The van der Waals surface area contributed by atoms with Crippen molar-refractivity contribution >= 4 is 20.0 Å². The molecule has 0 unspecified atom stereocenters. The molecular formula is C18H27NO3Si. The minimum absolute atomic E-state index is 0.253. The van der Waals surface area contributed by atoms with E-state index in [-0.39, 0.29) is 5.91 Å². The zero-order valence-corrected chi connectivity index (χ0v) is 15.5. The predicted octanol–water partition coefficient (Wildman–Crippen LogP) is 3.17. The molecule has 1 amide bonds. The highest BCUT2D eigenvalue weighted by molar-refractivity contribution is 6.76. The Labute approximate surface area is 139 Å². The lowest BCUT2D eigenvalue weighted by atomic mass is 10.1. The largest absolute Gasteiger partial charge is 0.464 e. The Hall–Kier alpha value is -1.88. The fraction of sp³-hybridized carbons (Fsp3) is 0.444. The first-order valence-corrected chi connectivity index (χ1v) is 11.7. The Morgan fingerprint density at radius 1 is 1.22 bits per heavy atom. The molecule has 1 N–H and O–H groups in total. The molecule has 1 aromatic carbocycles. The maximum Gasteiger partial charge on any atom is 0.328 e. The van der Waals surface area contributed by atoms with Crippen molar-refractivity contribution in [3.05, 3.63) is 48.0 Å². The van der Waals surface area contributed by atoms with E-state index in [9.17, 15) is 9.59 Å². The molecule has 1 rings (SSSR count). The van der Waals surface area contributed by atoms with Gasteiger partial charge in [-0.3, -0.25) is 4.79 Å². The number of carbonyl (C=O) groups is 2. The third-order valence-corrected chi connectivity index (χ3v) is 4.63. The van der Waals surface area contributed by atoms with Gasteiger partial charge in [0.15, 0.2) is 0 Å². The van der Waals surface area contributed by atoms with Crippen molar-refractivity contribution in [2.75, 3.05) is 6.61 Å². The summed E-state index contributed by atoms with van der Waals surface area (Å²) in [5.41, 5.74) is 0.983. The SMILES string of the molecule is CCOC(=O)[C@H](Cc1ccccc1)NC(=O)/C=C/C[Si](C)(C)C. The number of rotatable bonds is 8. The fourth-order valence-corrected chi connectivity index (χ4v) is 2.85. The number of amides is 1. The normalized spacial score (nSPS) is 12.9. The van der Waals surface area contributed by atoms with E-state index in [4.69, 9.17) is 4.74 Å². The van der Waals surface area contributed by atoms with Gasteiger partial charge in [0, 0.05) is 14.5 Å². The molecule has 5 heteroatoms. The summed E-state index contributed by atoms with van der Waals surface area (Å²) in [4.78, 5) is 24.1. The number of nitrogens with one attached hydrogen (secondary N) is 1. The van der Waals surface area contributed by atoms with Crippen LogP contribution in [-0.2, 0) is 20.7 Å². The Morgan fingerprint density at radius 3 is 2.43 bits per heavy atom. The summed E-state index contributed by atoms with van der Waals surface area (Å²) in [5, 5.41) is 2.75. The maximum atomic E-state index is 12.1. The molecule has 0 aliphatic rings. The topological polar surface area (TPSA) is 55.4 Å². The van der Waals surface area contributed by atoms with Crippen LogP contribution >= 0.6 is 0 Å². The molecule has 126 valence electrons. The molecule has 0 radical (unpaired) electrons. The molecular weight excluding hydrogens is 306 g/mol. The summed E-state index contributed by atoms with van der Waals surface area (Å²) in [6.07, 6.45) is 3.84. The van der Waals surface area contributed by atoms with Gasteiger partial charge < -0.3 is 10.1 Å². The van der Waals surface area contributed by atoms with Crippen LogP contribution < -0.4 is 5.32 Å². The van der Waals surface area contributed by atoms with Crippen molar-refractivity contribution < 1.29 is 14.3 Å². The van der Waals surface area contributed by atoms with E-state index in [2.05, 4.69) is 25.0 Å². The van der Waals surface area contributed by atoms with Crippen LogP contribution in [0.25, 0.3) is 0 Å². The lowest BCUT2D eigenvalue weighted by Crippen LogP contribution is -2.42. The van der Waals surface area contributed by atoms with Crippen LogP contribution in [0.1, 0.15) is 12.5 Å². The van der Waals surface area contributed by atoms with E-state index in [1.165, 1.54) is 6.08 Å². The summed E-state index contributed by atoms with van der Waals surface area (Å²) in [5.74, 6) is -0.652. The number of hydrogen-bond donors (Lipinski definition) is 1. The number of carbonyl (C=O) groups excluding carboxylic acids is 2. The smallest absolute Gasteiger partial charge is 0.328 e. The Kier molecular flexibility index (Phi) is 7.75. The Bertz CT molecular complexity index is 535. The molecule has 0 saturated carbocycles. The van der Waals surface area contributed by atoms with Crippen molar-refractivity contribution in [1.82, 2.24) is 5.32 Å². The molecule has 0 spiro atoms. The summed E-state index contributed by atoms with van der Waals surface area (Å²) in [6.45, 7) is 8.78. The van der Waals surface area contributed by atoms with Gasteiger partial charge in [0.05, 0.1) is 6.61 Å². The zero-order valence-electron chi connectivity index (χ0n) is 14.5. The average Bonchev–Trinajstić information content (AvgIpc) is 2.46.